The summed E-state index contributed by atoms with van der Waals surface area (Å²) in [7, 11) is 2.73. The van der Waals surface area contributed by atoms with Gasteiger partial charge in [-0.2, -0.15) is 4.39 Å². The molecule has 2 fully saturated rings. The number of ether oxygens (including phenoxy) is 2. The van der Waals surface area contributed by atoms with Gasteiger partial charge in [-0.15, -0.1) is 0 Å². The monoisotopic (exact) mass is 715 g/mol. The van der Waals surface area contributed by atoms with Crippen molar-refractivity contribution in [2.24, 2.45) is 7.05 Å². The number of nitrogens with one attached hydrogen (secondary N) is 1. The predicted octanol–water partition coefficient (Wildman–Crippen LogP) is 4.12. The number of benzene rings is 2. The zero-order valence-corrected chi connectivity index (χ0v) is 29.4. The standard InChI is InChI=1S/C34H40ClF2N7O6/c1-34(2,3)50-27(45)20-41-10-12-43(13-11-41)33(48)44-16-14-42(15-17-44)32(47)22-7-6-21(18-24(22)35)39-31(46)30-38-19-25(40(30)4)23-8-9-26(49-5)29(37)28(23)36/h6-9,18-19H,10-17,20H2,1-5H3,(H,39,46). The Balaban J connectivity index is 1.13. The van der Waals surface area contributed by atoms with Crippen LogP contribution in [0.4, 0.5) is 19.3 Å². The molecule has 16 heteroatoms. The molecule has 2 saturated heterocycles. The summed E-state index contributed by atoms with van der Waals surface area (Å²) in [5, 5.41) is 2.79. The molecule has 13 nitrogen and oxygen atoms in total. The molecule has 268 valence electrons. The van der Waals surface area contributed by atoms with Crippen LogP contribution < -0.4 is 10.1 Å². The van der Waals surface area contributed by atoms with Gasteiger partial charge in [-0.1, -0.05) is 11.6 Å². The van der Waals surface area contributed by atoms with Gasteiger partial charge >= 0.3 is 12.0 Å². The van der Waals surface area contributed by atoms with Crippen LogP contribution >= 0.6 is 11.6 Å². The Morgan fingerprint density at radius 2 is 1.52 bits per heavy atom. The number of imidazole rings is 1. The number of hydrogen-bond acceptors (Lipinski definition) is 8. The van der Waals surface area contributed by atoms with E-state index in [4.69, 9.17) is 21.1 Å². The number of nitrogens with zero attached hydrogens (tertiary/aromatic N) is 6. The number of amides is 4. The van der Waals surface area contributed by atoms with E-state index in [0.717, 1.165) is 0 Å². The summed E-state index contributed by atoms with van der Waals surface area (Å²) in [6.45, 7) is 9.09. The van der Waals surface area contributed by atoms with Crippen LogP contribution in [0, 0.1) is 11.6 Å². The zero-order valence-electron chi connectivity index (χ0n) is 28.6. The van der Waals surface area contributed by atoms with Crippen LogP contribution in [0.2, 0.25) is 5.02 Å². The molecule has 50 heavy (non-hydrogen) atoms. The van der Waals surface area contributed by atoms with Crippen LogP contribution in [-0.4, -0.2) is 125 Å². The molecule has 2 aliphatic rings. The zero-order chi connectivity index (χ0) is 36.3. The molecule has 2 aromatic carbocycles. The van der Waals surface area contributed by atoms with Gasteiger partial charge in [0.2, 0.25) is 5.82 Å². The van der Waals surface area contributed by atoms with Crippen LogP contribution in [0.15, 0.2) is 36.5 Å². The highest BCUT2D eigenvalue weighted by atomic mass is 35.5. The second kappa shape index (κ2) is 15.0. The summed E-state index contributed by atoms with van der Waals surface area (Å²) >= 11 is 6.49. The highest BCUT2D eigenvalue weighted by Gasteiger charge is 2.31. The molecule has 0 unspecified atom stereocenters. The lowest BCUT2D eigenvalue weighted by atomic mass is 10.1. The first-order valence-corrected chi connectivity index (χ1v) is 16.5. The first-order valence-electron chi connectivity index (χ1n) is 16.1. The quantitative estimate of drug-likeness (QED) is 0.362. The van der Waals surface area contributed by atoms with E-state index in [1.54, 1.807) is 14.7 Å². The Hall–Kier alpha value is -4.76. The molecule has 1 aromatic heterocycles. The van der Waals surface area contributed by atoms with E-state index < -0.39 is 23.1 Å². The van der Waals surface area contributed by atoms with Crippen molar-refractivity contribution in [1.29, 1.82) is 0 Å². The Kier molecular flexibility index (Phi) is 11.0. The van der Waals surface area contributed by atoms with Crippen molar-refractivity contribution >= 4 is 41.1 Å². The lowest BCUT2D eigenvalue weighted by Gasteiger charge is -2.40. The minimum Gasteiger partial charge on any atom is -0.494 e. The Morgan fingerprint density at radius 1 is 0.900 bits per heavy atom. The molecule has 0 atom stereocenters. The van der Waals surface area contributed by atoms with E-state index in [1.165, 1.54) is 55.3 Å². The third-order valence-electron chi connectivity index (χ3n) is 8.44. The number of urea groups is 1. The van der Waals surface area contributed by atoms with Gasteiger partial charge in [-0.25, -0.2) is 14.2 Å². The molecular weight excluding hydrogens is 676 g/mol. The average Bonchev–Trinajstić information content (AvgIpc) is 3.45. The number of anilines is 1. The molecule has 0 spiro atoms. The number of carbonyl (C=O) groups excluding carboxylic acids is 4. The minimum absolute atomic E-state index is 0.0676. The number of carbonyl (C=O) groups is 4. The number of methoxy groups -OCH3 is 1. The summed E-state index contributed by atoms with van der Waals surface area (Å²) in [6, 6.07) is 6.99. The average molecular weight is 716 g/mol. The molecule has 4 amide bonds. The summed E-state index contributed by atoms with van der Waals surface area (Å²) in [4.78, 5) is 62.9. The third kappa shape index (κ3) is 8.16. The fraction of sp³-hybridized carbons (Fsp3) is 0.441. The van der Waals surface area contributed by atoms with Crippen LogP contribution in [0.1, 0.15) is 41.7 Å². The molecule has 0 radical (unpaired) electrons. The number of piperazine rings is 2. The minimum atomic E-state index is -1.15. The van der Waals surface area contributed by atoms with E-state index in [9.17, 15) is 28.0 Å². The van der Waals surface area contributed by atoms with E-state index >= 15 is 0 Å². The summed E-state index contributed by atoms with van der Waals surface area (Å²) in [6.07, 6.45) is 1.26. The van der Waals surface area contributed by atoms with E-state index in [1.807, 2.05) is 25.7 Å². The normalized spacial score (nSPS) is 15.6. The number of hydrogen-bond donors (Lipinski definition) is 1. The Bertz CT molecular complexity index is 1780. The maximum atomic E-state index is 14.7. The number of esters is 1. The second-order valence-electron chi connectivity index (χ2n) is 13.0. The molecule has 3 heterocycles. The number of aromatic nitrogens is 2. The summed E-state index contributed by atoms with van der Waals surface area (Å²) in [5.41, 5.74) is 0.0635. The third-order valence-corrected chi connectivity index (χ3v) is 8.76. The molecule has 0 saturated carbocycles. The van der Waals surface area contributed by atoms with Gasteiger partial charge < -0.3 is 34.1 Å². The van der Waals surface area contributed by atoms with Gasteiger partial charge in [0.05, 0.1) is 36.1 Å². The second-order valence-corrected chi connectivity index (χ2v) is 13.4. The maximum Gasteiger partial charge on any atom is 0.320 e. The predicted molar refractivity (Wildman–Crippen MR) is 181 cm³/mol. The number of rotatable bonds is 7. The molecule has 2 aliphatic heterocycles. The van der Waals surface area contributed by atoms with Gasteiger partial charge in [0, 0.05) is 70.7 Å². The van der Waals surface area contributed by atoms with E-state index in [2.05, 4.69) is 10.3 Å². The molecule has 3 aromatic rings. The van der Waals surface area contributed by atoms with E-state index in [-0.39, 0.29) is 57.9 Å². The van der Waals surface area contributed by atoms with Gasteiger partial charge in [0.25, 0.3) is 11.8 Å². The first kappa shape index (κ1) is 36.5. The Labute approximate surface area is 293 Å². The summed E-state index contributed by atoms with van der Waals surface area (Å²) < 4.78 is 40.5. The van der Waals surface area contributed by atoms with Crippen LogP contribution in [0.3, 0.4) is 0 Å². The molecular formula is C34H40ClF2N7O6. The van der Waals surface area contributed by atoms with Crippen molar-refractivity contribution in [1.82, 2.24) is 29.2 Å². The molecule has 0 bridgehead atoms. The lowest BCUT2D eigenvalue weighted by molar-refractivity contribution is -0.156. The first-order chi connectivity index (χ1) is 23.7. The highest BCUT2D eigenvalue weighted by Crippen LogP contribution is 2.30. The van der Waals surface area contributed by atoms with Crippen LogP contribution in [-0.2, 0) is 16.6 Å². The van der Waals surface area contributed by atoms with Gasteiger partial charge in [-0.05, 0) is 51.1 Å². The molecule has 1 N–H and O–H groups in total. The highest BCUT2D eigenvalue weighted by molar-refractivity contribution is 6.34. The van der Waals surface area contributed by atoms with Crippen molar-refractivity contribution in [3.63, 3.8) is 0 Å². The fourth-order valence-corrected chi connectivity index (χ4v) is 6.10. The van der Waals surface area contributed by atoms with Crippen molar-refractivity contribution in [3.05, 3.63) is 64.6 Å². The van der Waals surface area contributed by atoms with Crippen LogP contribution in [0.25, 0.3) is 11.3 Å². The van der Waals surface area contributed by atoms with Crippen molar-refractivity contribution in [3.8, 4) is 17.0 Å². The van der Waals surface area contributed by atoms with Gasteiger partial charge in [0.1, 0.15) is 5.60 Å². The summed E-state index contributed by atoms with van der Waals surface area (Å²) in [5.74, 6) is -3.83. The van der Waals surface area contributed by atoms with Crippen molar-refractivity contribution in [2.75, 3.05) is 71.3 Å². The topological polar surface area (TPSA) is 130 Å². The number of halogens is 3. The van der Waals surface area contributed by atoms with Gasteiger partial charge in [-0.3, -0.25) is 19.3 Å². The maximum absolute atomic E-state index is 14.7. The van der Waals surface area contributed by atoms with Crippen molar-refractivity contribution < 1.29 is 37.4 Å². The van der Waals surface area contributed by atoms with Crippen molar-refractivity contribution in [2.45, 2.75) is 26.4 Å². The lowest BCUT2D eigenvalue weighted by Crippen LogP contribution is -2.57. The van der Waals surface area contributed by atoms with E-state index in [0.29, 0.717) is 58.0 Å². The smallest absolute Gasteiger partial charge is 0.320 e. The molecule has 0 aliphatic carbocycles. The molecule has 5 rings (SSSR count). The Morgan fingerprint density at radius 3 is 2.12 bits per heavy atom. The fourth-order valence-electron chi connectivity index (χ4n) is 5.84. The van der Waals surface area contributed by atoms with Gasteiger partial charge in [0.15, 0.2) is 17.4 Å². The van der Waals surface area contributed by atoms with Crippen LogP contribution in [0.5, 0.6) is 5.75 Å². The SMILES string of the molecule is COc1ccc(-c2cnc(C(=O)Nc3ccc(C(=O)N4CCN(C(=O)N5CCN(CC(=O)OC(C)(C)C)CC5)CC4)c(Cl)c3)n2C)c(F)c1F. The largest absolute Gasteiger partial charge is 0.494 e.